The molecule has 0 aliphatic heterocycles. The second-order valence-corrected chi connectivity index (χ2v) is 4.33. The van der Waals surface area contributed by atoms with Gasteiger partial charge in [0.2, 0.25) is 5.89 Å². The maximum atomic E-state index is 5.43. The van der Waals surface area contributed by atoms with Crippen molar-refractivity contribution in [2.24, 2.45) is 5.92 Å². The number of hydrogen-bond acceptors (Lipinski definition) is 6. The van der Waals surface area contributed by atoms with Gasteiger partial charge in [0.1, 0.15) is 0 Å². The van der Waals surface area contributed by atoms with Crippen LogP contribution in [0.1, 0.15) is 25.2 Å². The molecule has 1 aliphatic rings. The Morgan fingerprint density at radius 1 is 1.35 bits per heavy atom. The van der Waals surface area contributed by atoms with E-state index >= 15 is 0 Å². The molecule has 1 aromatic rings. The molecule has 0 amide bonds. The summed E-state index contributed by atoms with van der Waals surface area (Å²) in [5.41, 5.74) is 0. The number of methoxy groups -OCH3 is 1. The van der Waals surface area contributed by atoms with Crippen molar-refractivity contribution in [1.82, 2.24) is 15.5 Å². The molecule has 0 atom stereocenters. The van der Waals surface area contributed by atoms with Gasteiger partial charge in [-0.15, -0.1) is 5.10 Å². The lowest BCUT2D eigenvalue weighted by atomic mass is 10.3. The summed E-state index contributed by atoms with van der Waals surface area (Å²) in [6.45, 7) is 2.97. The molecule has 2 N–H and O–H groups in total. The van der Waals surface area contributed by atoms with Crippen LogP contribution in [0.4, 0.5) is 6.01 Å². The zero-order valence-corrected chi connectivity index (χ0v) is 10.2. The van der Waals surface area contributed by atoms with Gasteiger partial charge in [-0.2, -0.15) is 0 Å². The molecule has 6 nitrogen and oxygen atoms in total. The number of nitrogens with one attached hydrogen (secondary N) is 2. The van der Waals surface area contributed by atoms with Crippen LogP contribution in [0.3, 0.4) is 0 Å². The molecule has 0 bridgehead atoms. The van der Waals surface area contributed by atoms with Crippen molar-refractivity contribution in [1.29, 1.82) is 0 Å². The summed E-state index contributed by atoms with van der Waals surface area (Å²) in [5.74, 6) is 1.52. The highest BCUT2D eigenvalue weighted by molar-refractivity contribution is 5.16. The van der Waals surface area contributed by atoms with Crippen LogP contribution in [0, 0.1) is 5.92 Å². The van der Waals surface area contributed by atoms with Crippen LogP contribution in [-0.2, 0) is 11.3 Å². The van der Waals surface area contributed by atoms with Crippen LogP contribution in [-0.4, -0.2) is 37.0 Å². The first-order valence-electron chi connectivity index (χ1n) is 6.14. The average molecular weight is 240 g/mol. The van der Waals surface area contributed by atoms with Gasteiger partial charge < -0.3 is 19.8 Å². The van der Waals surface area contributed by atoms with Crippen LogP contribution in [0.15, 0.2) is 4.42 Å². The lowest BCUT2D eigenvalue weighted by molar-refractivity contribution is 0.198. The van der Waals surface area contributed by atoms with Crippen molar-refractivity contribution in [3.8, 4) is 0 Å². The van der Waals surface area contributed by atoms with E-state index in [0.717, 1.165) is 19.0 Å². The van der Waals surface area contributed by atoms with Crippen molar-refractivity contribution in [3.05, 3.63) is 5.89 Å². The highest BCUT2D eigenvalue weighted by Gasteiger charge is 2.20. The number of rotatable bonds is 9. The van der Waals surface area contributed by atoms with E-state index in [-0.39, 0.29) is 0 Å². The van der Waals surface area contributed by atoms with E-state index in [9.17, 15) is 0 Å². The minimum Gasteiger partial charge on any atom is -0.407 e. The lowest BCUT2D eigenvalue weighted by Crippen LogP contribution is -2.18. The van der Waals surface area contributed by atoms with Gasteiger partial charge in [0, 0.05) is 20.2 Å². The van der Waals surface area contributed by atoms with Gasteiger partial charge in [0.05, 0.1) is 13.2 Å². The van der Waals surface area contributed by atoms with Gasteiger partial charge in [-0.3, -0.25) is 0 Å². The molecule has 0 aromatic carbocycles. The molecule has 0 unspecified atom stereocenters. The fourth-order valence-corrected chi connectivity index (χ4v) is 1.56. The summed E-state index contributed by atoms with van der Waals surface area (Å²) >= 11 is 0. The van der Waals surface area contributed by atoms with Crippen molar-refractivity contribution in [3.63, 3.8) is 0 Å². The number of hydrogen-bond donors (Lipinski definition) is 2. The first-order chi connectivity index (χ1) is 8.38. The highest BCUT2D eigenvalue weighted by Crippen LogP contribution is 2.31. The van der Waals surface area contributed by atoms with E-state index in [1.54, 1.807) is 7.11 Å². The Bertz CT molecular complexity index is 325. The van der Waals surface area contributed by atoms with Crippen molar-refractivity contribution < 1.29 is 9.15 Å². The van der Waals surface area contributed by atoms with Crippen LogP contribution >= 0.6 is 0 Å². The molecule has 1 aromatic heterocycles. The number of ether oxygens (including phenoxy) is 1. The molecule has 1 fully saturated rings. The van der Waals surface area contributed by atoms with Gasteiger partial charge >= 0.3 is 6.01 Å². The molecule has 0 saturated heterocycles. The molecular formula is C11H20N4O2. The number of nitrogens with zero attached hydrogens (tertiary/aromatic N) is 2. The molecule has 17 heavy (non-hydrogen) atoms. The first-order valence-corrected chi connectivity index (χ1v) is 6.14. The zero-order chi connectivity index (χ0) is 11.9. The average Bonchev–Trinajstić information content (AvgIpc) is 3.04. The van der Waals surface area contributed by atoms with Gasteiger partial charge in [-0.05, 0) is 12.3 Å². The predicted molar refractivity (Wildman–Crippen MR) is 63.7 cm³/mol. The van der Waals surface area contributed by atoms with Gasteiger partial charge in [-0.25, -0.2) is 0 Å². The van der Waals surface area contributed by atoms with Crippen LogP contribution in [0.2, 0.25) is 0 Å². The highest BCUT2D eigenvalue weighted by atomic mass is 16.5. The lowest BCUT2D eigenvalue weighted by Gasteiger charge is -2.00. The van der Waals surface area contributed by atoms with E-state index < -0.39 is 0 Å². The smallest absolute Gasteiger partial charge is 0.315 e. The Balaban J connectivity index is 1.60. The molecule has 96 valence electrons. The quantitative estimate of drug-likeness (QED) is 0.628. The maximum absolute atomic E-state index is 5.43. The van der Waals surface area contributed by atoms with Crippen molar-refractivity contribution in [2.45, 2.75) is 25.8 Å². The number of anilines is 1. The summed E-state index contributed by atoms with van der Waals surface area (Å²) in [4.78, 5) is 0. The standard InChI is InChI=1S/C11H20N4O2/c1-16-7-6-12-8-10-14-15-11(17-10)13-5-4-9-2-3-9/h9,12H,2-8H2,1H3,(H,13,15). The van der Waals surface area contributed by atoms with E-state index in [2.05, 4.69) is 20.8 Å². The first kappa shape index (κ1) is 12.3. The molecule has 6 heteroatoms. The van der Waals surface area contributed by atoms with E-state index in [4.69, 9.17) is 9.15 Å². The normalized spacial score (nSPS) is 15.1. The monoisotopic (exact) mass is 240 g/mol. The van der Waals surface area contributed by atoms with Gasteiger partial charge in [0.25, 0.3) is 0 Å². The Morgan fingerprint density at radius 3 is 3.00 bits per heavy atom. The fraction of sp³-hybridized carbons (Fsp3) is 0.818. The van der Waals surface area contributed by atoms with E-state index in [1.165, 1.54) is 19.3 Å². The van der Waals surface area contributed by atoms with Crippen LogP contribution in [0.5, 0.6) is 0 Å². The maximum Gasteiger partial charge on any atom is 0.315 e. The second kappa shape index (κ2) is 6.56. The summed E-state index contributed by atoms with van der Waals surface area (Å²) < 4.78 is 10.4. The van der Waals surface area contributed by atoms with Crippen molar-refractivity contribution >= 4 is 6.01 Å². The minimum atomic E-state index is 0.522. The summed E-state index contributed by atoms with van der Waals surface area (Å²) in [6, 6.07) is 0.522. The Morgan fingerprint density at radius 2 is 2.24 bits per heavy atom. The molecule has 0 spiro atoms. The second-order valence-electron chi connectivity index (χ2n) is 4.33. The summed E-state index contributed by atoms with van der Waals surface area (Å²) in [7, 11) is 1.68. The Kier molecular flexibility index (Phi) is 4.75. The molecule has 1 heterocycles. The minimum absolute atomic E-state index is 0.522. The Hall–Kier alpha value is -1.14. The van der Waals surface area contributed by atoms with Gasteiger partial charge in [-0.1, -0.05) is 17.9 Å². The molecule has 1 aliphatic carbocycles. The molecule has 2 rings (SSSR count). The van der Waals surface area contributed by atoms with Crippen molar-refractivity contribution in [2.75, 3.05) is 32.1 Å². The predicted octanol–water partition coefficient (Wildman–Crippen LogP) is 1.02. The van der Waals surface area contributed by atoms with E-state index in [1.807, 2.05) is 0 Å². The topological polar surface area (TPSA) is 72.2 Å². The summed E-state index contributed by atoms with van der Waals surface area (Å²) in [5, 5.41) is 14.2. The van der Waals surface area contributed by atoms with E-state index in [0.29, 0.717) is 25.1 Å². The fourth-order valence-electron chi connectivity index (χ4n) is 1.56. The molecule has 0 radical (unpaired) electrons. The van der Waals surface area contributed by atoms with Crippen LogP contribution in [0.25, 0.3) is 0 Å². The molecule has 1 saturated carbocycles. The molecular weight excluding hydrogens is 220 g/mol. The largest absolute Gasteiger partial charge is 0.407 e. The third-order valence-electron chi connectivity index (χ3n) is 2.75. The van der Waals surface area contributed by atoms with Crippen LogP contribution < -0.4 is 10.6 Å². The SMILES string of the molecule is COCCNCc1nnc(NCCC2CC2)o1. The van der Waals surface area contributed by atoms with Gasteiger partial charge in [0.15, 0.2) is 0 Å². The third kappa shape index (κ3) is 4.70. The number of aromatic nitrogens is 2. The Labute approximate surface area is 101 Å². The summed E-state index contributed by atoms with van der Waals surface area (Å²) in [6.07, 6.45) is 3.95. The zero-order valence-electron chi connectivity index (χ0n) is 10.2. The third-order valence-corrected chi connectivity index (χ3v) is 2.75.